The van der Waals surface area contributed by atoms with Crippen LogP contribution in [0.3, 0.4) is 0 Å². The number of halogens is 1. The number of carbonyl (C=O) groups is 3. The fourth-order valence-corrected chi connectivity index (χ4v) is 2.82. The zero-order valence-electron chi connectivity index (χ0n) is 15.4. The van der Waals surface area contributed by atoms with E-state index in [1.54, 1.807) is 25.9 Å². The molecule has 0 saturated carbocycles. The topological polar surface area (TPSA) is 73.0 Å². The van der Waals surface area contributed by atoms with Crippen molar-refractivity contribution in [3.8, 4) is 0 Å². The molecule has 8 heteroatoms. The number of benzene rings is 1. The second kappa shape index (κ2) is 8.75. The van der Waals surface area contributed by atoms with E-state index in [-0.39, 0.29) is 30.1 Å². The first kappa shape index (κ1) is 19.8. The fourth-order valence-electron chi connectivity index (χ4n) is 2.82. The van der Waals surface area contributed by atoms with Crippen LogP contribution in [0.5, 0.6) is 0 Å². The second-order valence-corrected chi connectivity index (χ2v) is 6.60. The number of piperazine rings is 1. The average molecular weight is 364 g/mol. The van der Waals surface area contributed by atoms with Crippen molar-refractivity contribution >= 4 is 17.7 Å². The Labute approximate surface area is 152 Å². The number of hydrogen-bond donors (Lipinski definition) is 1. The van der Waals surface area contributed by atoms with Crippen LogP contribution < -0.4 is 5.32 Å². The van der Waals surface area contributed by atoms with Gasteiger partial charge in [-0.15, -0.1) is 0 Å². The van der Waals surface area contributed by atoms with Crippen LogP contribution in [-0.4, -0.2) is 85.3 Å². The van der Waals surface area contributed by atoms with E-state index in [2.05, 4.69) is 5.32 Å². The number of likely N-dealkylation sites (N-methyl/N-ethyl adjacent to an activating group) is 1. The monoisotopic (exact) mass is 364 g/mol. The number of nitrogens with one attached hydrogen (secondary N) is 1. The number of rotatable bonds is 5. The lowest BCUT2D eigenvalue weighted by Crippen LogP contribution is -2.53. The molecule has 1 fully saturated rings. The molecule has 1 unspecified atom stereocenters. The molecular weight excluding hydrogens is 339 g/mol. The van der Waals surface area contributed by atoms with Crippen LogP contribution in [0.25, 0.3) is 0 Å². The molecule has 2 rings (SSSR count). The molecule has 0 aliphatic carbocycles. The predicted octanol–water partition coefficient (Wildman–Crippen LogP) is 0.176. The van der Waals surface area contributed by atoms with Gasteiger partial charge in [-0.05, 0) is 31.2 Å². The van der Waals surface area contributed by atoms with E-state index in [0.29, 0.717) is 31.7 Å². The van der Waals surface area contributed by atoms with Crippen molar-refractivity contribution in [2.45, 2.75) is 13.0 Å². The second-order valence-electron chi connectivity index (χ2n) is 6.60. The summed E-state index contributed by atoms with van der Waals surface area (Å²) in [5.41, 5.74) is 0.452. The van der Waals surface area contributed by atoms with Gasteiger partial charge in [0.2, 0.25) is 11.8 Å². The van der Waals surface area contributed by atoms with Gasteiger partial charge in [0.05, 0.1) is 6.54 Å². The summed E-state index contributed by atoms with van der Waals surface area (Å²) < 4.78 is 13.0. The molecule has 1 aromatic carbocycles. The summed E-state index contributed by atoms with van der Waals surface area (Å²) >= 11 is 0. The van der Waals surface area contributed by atoms with Crippen LogP contribution in [0.15, 0.2) is 24.3 Å². The summed E-state index contributed by atoms with van der Waals surface area (Å²) in [5.74, 6) is -0.891. The third kappa shape index (κ3) is 5.26. The Morgan fingerprint density at radius 2 is 1.69 bits per heavy atom. The minimum Gasteiger partial charge on any atom is -0.347 e. The molecule has 1 atom stereocenters. The SMILES string of the molecule is CC(NC(=O)CN1CCN(C(=O)c2ccc(F)cc2)CC1)C(=O)N(C)C. The fraction of sp³-hybridized carbons (Fsp3) is 0.500. The third-order valence-corrected chi connectivity index (χ3v) is 4.31. The Morgan fingerprint density at radius 3 is 2.23 bits per heavy atom. The average Bonchev–Trinajstić information content (AvgIpc) is 2.61. The zero-order chi connectivity index (χ0) is 19.3. The molecule has 1 aromatic rings. The quantitative estimate of drug-likeness (QED) is 0.809. The maximum absolute atomic E-state index is 13.0. The van der Waals surface area contributed by atoms with E-state index in [0.717, 1.165) is 0 Å². The van der Waals surface area contributed by atoms with Crippen molar-refractivity contribution in [1.82, 2.24) is 20.0 Å². The van der Waals surface area contributed by atoms with Crippen molar-refractivity contribution in [3.63, 3.8) is 0 Å². The van der Waals surface area contributed by atoms with E-state index in [4.69, 9.17) is 0 Å². The van der Waals surface area contributed by atoms with Gasteiger partial charge < -0.3 is 15.1 Å². The van der Waals surface area contributed by atoms with E-state index in [1.807, 2.05) is 4.90 Å². The van der Waals surface area contributed by atoms with E-state index >= 15 is 0 Å². The van der Waals surface area contributed by atoms with Crippen molar-refractivity contribution < 1.29 is 18.8 Å². The molecule has 0 spiro atoms. The Bertz CT molecular complexity index is 655. The summed E-state index contributed by atoms with van der Waals surface area (Å²) in [5, 5.41) is 2.69. The highest BCUT2D eigenvalue weighted by Gasteiger charge is 2.24. The maximum Gasteiger partial charge on any atom is 0.253 e. The van der Waals surface area contributed by atoms with Crippen LogP contribution >= 0.6 is 0 Å². The van der Waals surface area contributed by atoms with Gasteiger partial charge in [-0.3, -0.25) is 19.3 Å². The van der Waals surface area contributed by atoms with Crippen LogP contribution in [0, 0.1) is 5.82 Å². The molecule has 0 bridgehead atoms. The normalized spacial score (nSPS) is 16.1. The van der Waals surface area contributed by atoms with Crippen LogP contribution in [0.1, 0.15) is 17.3 Å². The van der Waals surface area contributed by atoms with Gasteiger partial charge in [0.25, 0.3) is 5.91 Å². The highest BCUT2D eigenvalue weighted by Crippen LogP contribution is 2.10. The Hall–Kier alpha value is -2.48. The molecule has 7 nitrogen and oxygen atoms in total. The van der Waals surface area contributed by atoms with Crippen LogP contribution in [0.4, 0.5) is 4.39 Å². The summed E-state index contributed by atoms with van der Waals surface area (Å²) in [6, 6.07) is 4.91. The first-order chi connectivity index (χ1) is 12.3. The summed E-state index contributed by atoms with van der Waals surface area (Å²) in [6.07, 6.45) is 0. The van der Waals surface area contributed by atoms with Gasteiger partial charge in [0.15, 0.2) is 0 Å². The molecular formula is C18H25FN4O3. The number of nitrogens with zero attached hydrogens (tertiary/aromatic N) is 3. The lowest BCUT2D eigenvalue weighted by molar-refractivity contribution is -0.134. The first-order valence-electron chi connectivity index (χ1n) is 8.55. The number of carbonyl (C=O) groups excluding carboxylic acids is 3. The van der Waals surface area contributed by atoms with E-state index in [9.17, 15) is 18.8 Å². The molecule has 1 saturated heterocycles. The predicted molar refractivity (Wildman–Crippen MR) is 95.0 cm³/mol. The molecule has 1 heterocycles. The van der Waals surface area contributed by atoms with Gasteiger partial charge in [0, 0.05) is 45.8 Å². The highest BCUT2D eigenvalue weighted by atomic mass is 19.1. The van der Waals surface area contributed by atoms with Gasteiger partial charge in [-0.2, -0.15) is 0 Å². The van der Waals surface area contributed by atoms with E-state index < -0.39 is 6.04 Å². The van der Waals surface area contributed by atoms with Crippen molar-refractivity contribution in [1.29, 1.82) is 0 Å². The van der Waals surface area contributed by atoms with Crippen LogP contribution in [-0.2, 0) is 9.59 Å². The van der Waals surface area contributed by atoms with Crippen molar-refractivity contribution in [2.75, 3.05) is 46.8 Å². The standard InChI is InChI=1S/C18H25FN4O3/c1-13(17(25)21(2)3)20-16(24)12-22-8-10-23(11-9-22)18(26)14-4-6-15(19)7-5-14/h4-7,13H,8-12H2,1-3H3,(H,20,24). The first-order valence-corrected chi connectivity index (χ1v) is 8.55. The molecule has 1 aliphatic heterocycles. The molecule has 0 aromatic heterocycles. The Kier molecular flexibility index (Phi) is 6.68. The lowest BCUT2D eigenvalue weighted by Gasteiger charge is -2.34. The number of hydrogen-bond acceptors (Lipinski definition) is 4. The lowest BCUT2D eigenvalue weighted by atomic mass is 10.2. The molecule has 3 amide bonds. The van der Waals surface area contributed by atoms with Crippen LogP contribution in [0.2, 0.25) is 0 Å². The minimum atomic E-state index is -0.571. The third-order valence-electron chi connectivity index (χ3n) is 4.31. The smallest absolute Gasteiger partial charge is 0.253 e. The van der Waals surface area contributed by atoms with Gasteiger partial charge >= 0.3 is 0 Å². The maximum atomic E-state index is 13.0. The van der Waals surface area contributed by atoms with Gasteiger partial charge in [-0.25, -0.2) is 4.39 Å². The molecule has 142 valence electrons. The summed E-state index contributed by atoms with van der Waals surface area (Å²) in [4.78, 5) is 41.3. The van der Waals surface area contributed by atoms with Crippen molar-refractivity contribution in [2.24, 2.45) is 0 Å². The number of amides is 3. The van der Waals surface area contributed by atoms with Gasteiger partial charge in [0.1, 0.15) is 11.9 Å². The van der Waals surface area contributed by atoms with Crippen molar-refractivity contribution in [3.05, 3.63) is 35.6 Å². The molecule has 26 heavy (non-hydrogen) atoms. The Morgan fingerprint density at radius 1 is 1.12 bits per heavy atom. The molecule has 0 radical (unpaired) electrons. The van der Waals surface area contributed by atoms with Gasteiger partial charge in [-0.1, -0.05) is 0 Å². The highest BCUT2D eigenvalue weighted by molar-refractivity contribution is 5.94. The minimum absolute atomic E-state index is 0.140. The Balaban J connectivity index is 1.79. The summed E-state index contributed by atoms with van der Waals surface area (Å²) in [6.45, 7) is 3.96. The molecule has 1 N–H and O–H groups in total. The van der Waals surface area contributed by atoms with E-state index in [1.165, 1.54) is 29.2 Å². The zero-order valence-corrected chi connectivity index (χ0v) is 15.4. The molecule has 1 aliphatic rings. The summed E-state index contributed by atoms with van der Waals surface area (Å²) in [7, 11) is 3.28. The largest absolute Gasteiger partial charge is 0.347 e.